The van der Waals surface area contributed by atoms with Crippen LogP contribution in [0.15, 0.2) is 24.7 Å². The van der Waals surface area contributed by atoms with E-state index in [1.807, 2.05) is 19.9 Å². The van der Waals surface area contributed by atoms with Crippen LogP contribution in [-0.4, -0.2) is 48.8 Å². The lowest BCUT2D eigenvalue weighted by Crippen LogP contribution is -2.49. The fraction of sp³-hybridized carbons (Fsp3) is 0.550. The van der Waals surface area contributed by atoms with Gasteiger partial charge in [0.2, 0.25) is 11.8 Å². The highest BCUT2D eigenvalue weighted by Crippen LogP contribution is 2.25. The number of nitrogens with zero attached hydrogens (tertiary/aromatic N) is 4. The number of hydrogen-bond acceptors (Lipinski definition) is 6. The predicted octanol–water partition coefficient (Wildman–Crippen LogP) is 0.642. The molecule has 1 fully saturated rings. The van der Waals surface area contributed by atoms with Gasteiger partial charge < -0.3 is 15.7 Å². The third-order valence-electron chi connectivity index (χ3n) is 5.29. The van der Waals surface area contributed by atoms with Crippen molar-refractivity contribution >= 4 is 11.8 Å². The van der Waals surface area contributed by atoms with Gasteiger partial charge in [0, 0.05) is 37.0 Å². The van der Waals surface area contributed by atoms with Crippen LogP contribution >= 0.6 is 0 Å². The molecule has 0 bridgehead atoms. The highest BCUT2D eigenvalue weighted by molar-refractivity contribution is 5.79. The normalized spacial score (nSPS) is 21.6. The summed E-state index contributed by atoms with van der Waals surface area (Å²) in [5.74, 6) is -0.501. The molecule has 3 N–H and O–H groups in total. The van der Waals surface area contributed by atoms with Crippen molar-refractivity contribution in [3.05, 3.63) is 41.7 Å². The van der Waals surface area contributed by atoms with Crippen molar-refractivity contribution in [1.82, 2.24) is 30.4 Å². The maximum Gasteiger partial charge on any atom is 0.223 e. The van der Waals surface area contributed by atoms with Gasteiger partial charge in [-0.25, -0.2) is 0 Å². The van der Waals surface area contributed by atoms with E-state index in [4.69, 9.17) is 0 Å². The molecule has 2 heterocycles. The molecule has 0 spiro atoms. The second-order valence-corrected chi connectivity index (χ2v) is 7.56. The maximum atomic E-state index is 12.4. The Morgan fingerprint density at radius 1 is 1.24 bits per heavy atom. The summed E-state index contributed by atoms with van der Waals surface area (Å²) in [4.78, 5) is 33.0. The molecule has 0 saturated heterocycles. The highest BCUT2D eigenvalue weighted by atomic mass is 16.3. The van der Waals surface area contributed by atoms with E-state index in [1.54, 1.807) is 23.3 Å². The van der Waals surface area contributed by atoms with Crippen LogP contribution in [-0.2, 0) is 22.7 Å². The van der Waals surface area contributed by atoms with Crippen LogP contribution in [0.4, 0.5) is 0 Å². The Bertz CT molecular complexity index is 835. The average Bonchev–Trinajstić information content (AvgIpc) is 3.12. The van der Waals surface area contributed by atoms with Gasteiger partial charge in [0.25, 0.3) is 0 Å². The Kier molecular flexibility index (Phi) is 6.92. The minimum absolute atomic E-state index is 0.106. The van der Waals surface area contributed by atoms with Gasteiger partial charge in [-0.15, -0.1) is 0 Å². The molecule has 3 atom stereocenters. The summed E-state index contributed by atoms with van der Waals surface area (Å²) in [5, 5.41) is 20.3. The Balaban J connectivity index is 1.41. The molecule has 2 aromatic rings. The standard InChI is InChI=1S/C20H28N6O3/c1-13-10-22-16(11-21-13)12-23-20(29)15-3-4-17(18(27)9-15)25-19(28)6-8-26-14(2)5-7-24-26/h5,7,10-11,15,17-18,27H,3-4,6,8-9,12H2,1-2H3,(H,23,29)(H,25,28)/t15-,17-,18-/m0/s1. The van der Waals surface area contributed by atoms with Crippen molar-refractivity contribution in [3.8, 4) is 0 Å². The first-order valence-electron chi connectivity index (χ1n) is 9.93. The molecule has 0 radical (unpaired) electrons. The molecule has 1 aliphatic rings. The summed E-state index contributed by atoms with van der Waals surface area (Å²) < 4.78 is 1.77. The van der Waals surface area contributed by atoms with Crippen LogP contribution in [0, 0.1) is 19.8 Å². The van der Waals surface area contributed by atoms with E-state index in [-0.39, 0.29) is 23.8 Å². The number of carbonyl (C=O) groups excluding carboxylic acids is 2. The van der Waals surface area contributed by atoms with Gasteiger partial charge in [0.05, 0.1) is 36.3 Å². The second-order valence-electron chi connectivity index (χ2n) is 7.56. The molecule has 3 rings (SSSR count). The first-order valence-corrected chi connectivity index (χ1v) is 9.93. The average molecular weight is 400 g/mol. The van der Waals surface area contributed by atoms with Gasteiger partial charge in [-0.2, -0.15) is 5.10 Å². The van der Waals surface area contributed by atoms with E-state index < -0.39 is 6.10 Å². The van der Waals surface area contributed by atoms with Crippen molar-refractivity contribution in [2.75, 3.05) is 0 Å². The Hall–Kier alpha value is -2.81. The third kappa shape index (κ3) is 5.83. The van der Waals surface area contributed by atoms with Crippen LogP contribution in [0.25, 0.3) is 0 Å². The van der Waals surface area contributed by atoms with Crippen LogP contribution in [0.3, 0.4) is 0 Å². The number of nitrogens with one attached hydrogen (secondary N) is 2. The van der Waals surface area contributed by atoms with Crippen LogP contribution < -0.4 is 10.6 Å². The van der Waals surface area contributed by atoms with Gasteiger partial charge >= 0.3 is 0 Å². The Morgan fingerprint density at radius 3 is 2.72 bits per heavy atom. The molecule has 156 valence electrons. The number of carbonyl (C=O) groups is 2. The van der Waals surface area contributed by atoms with Gasteiger partial charge in [-0.05, 0) is 39.2 Å². The van der Waals surface area contributed by atoms with E-state index in [1.165, 1.54) is 0 Å². The van der Waals surface area contributed by atoms with Crippen LogP contribution in [0.5, 0.6) is 0 Å². The number of aliphatic hydroxyl groups is 1. The smallest absolute Gasteiger partial charge is 0.223 e. The summed E-state index contributed by atoms with van der Waals surface area (Å²) in [7, 11) is 0. The molecule has 0 aromatic carbocycles. The van der Waals surface area contributed by atoms with E-state index in [0.717, 1.165) is 11.4 Å². The van der Waals surface area contributed by atoms with E-state index in [0.29, 0.717) is 44.5 Å². The second kappa shape index (κ2) is 9.60. The third-order valence-corrected chi connectivity index (χ3v) is 5.29. The van der Waals surface area contributed by atoms with Gasteiger partial charge in [-0.1, -0.05) is 0 Å². The SMILES string of the molecule is Cc1cnc(CNC(=O)[C@H]2CC[C@H](NC(=O)CCn3nccc3C)[C@@H](O)C2)cn1. The van der Waals surface area contributed by atoms with E-state index in [2.05, 4.69) is 25.7 Å². The number of hydrogen-bond donors (Lipinski definition) is 3. The Morgan fingerprint density at radius 2 is 2.07 bits per heavy atom. The van der Waals surface area contributed by atoms with Crippen molar-refractivity contribution < 1.29 is 14.7 Å². The predicted molar refractivity (Wildman–Crippen MR) is 105 cm³/mol. The van der Waals surface area contributed by atoms with Gasteiger partial charge in [0.1, 0.15) is 0 Å². The fourth-order valence-electron chi connectivity index (χ4n) is 3.51. The molecule has 29 heavy (non-hydrogen) atoms. The van der Waals surface area contributed by atoms with E-state index in [9.17, 15) is 14.7 Å². The summed E-state index contributed by atoms with van der Waals surface area (Å²) in [5.41, 5.74) is 2.52. The molecule has 9 heteroatoms. The summed E-state index contributed by atoms with van der Waals surface area (Å²) >= 11 is 0. The van der Waals surface area contributed by atoms with Crippen molar-refractivity contribution in [2.24, 2.45) is 5.92 Å². The van der Waals surface area contributed by atoms with Gasteiger partial charge in [-0.3, -0.25) is 24.2 Å². The molecular formula is C20H28N6O3. The quantitative estimate of drug-likeness (QED) is 0.627. The lowest BCUT2D eigenvalue weighted by molar-refractivity contribution is -0.128. The number of aliphatic hydroxyl groups excluding tert-OH is 1. The van der Waals surface area contributed by atoms with Crippen molar-refractivity contribution in [3.63, 3.8) is 0 Å². The van der Waals surface area contributed by atoms with Crippen molar-refractivity contribution in [2.45, 2.75) is 64.8 Å². The summed E-state index contributed by atoms with van der Waals surface area (Å²) in [6.07, 6.45) is 6.07. The zero-order valence-electron chi connectivity index (χ0n) is 16.8. The number of rotatable bonds is 7. The zero-order chi connectivity index (χ0) is 20.8. The largest absolute Gasteiger partial charge is 0.391 e. The molecule has 0 aliphatic heterocycles. The highest BCUT2D eigenvalue weighted by Gasteiger charge is 2.33. The van der Waals surface area contributed by atoms with Gasteiger partial charge in [0.15, 0.2) is 0 Å². The summed E-state index contributed by atoms with van der Waals surface area (Å²) in [6, 6.07) is 1.56. The Labute approximate surface area is 169 Å². The maximum absolute atomic E-state index is 12.4. The number of amides is 2. The molecule has 2 aromatic heterocycles. The number of aromatic nitrogens is 4. The molecule has 2 amide bonds. The minimum Gasteiger partial charge on any atom is -0.391 e. The zero-order valence-corrected chi connectivity index (χ0v) is 16.8. The fourth-order valence-corrected chi connectivity index (χ4v) is 3.51. The lowest BCUT2D eigenvalue weighted by atomic mass is 9.83. The first-order chi connectivity index (χ1) is 13.9. The summed E-state index contributed by atoms with van der Waals surface area (Å²) in [6.45, 7) is 4.60. The van der Waals surface area contributed by atoms with Crippen molar-refractivity contribution in [1.29, 1.82) is 0 Å². The molecule has 0 unspecified atom stereocenters. The topological polar surface area (TPSA) is 122 Å². The molecule has 1 aliphatic carbocycles. The molecule has 1 saturated carbocycles. The number of aryl methyl sites for hydroxylation is 3. The molecular weight excluding hydrogens is 372 g/mol. The minimum atomic E-state index is -0.742. The van der Waals surface area contributed by atoms with E-state index >= 15 is 0 Å². The van der Waals surface area contributed by atoms with Crippen LogP contribution in [0.2, 0.25) is 0 Å². The monoisotopic (exact) mass is 400 g/mol. The lowest BCUT2D eigenvalue weighted by Gasteiger charge is -2.33. The first kappa shape index (κ1) is 20.9. The van der Waals surface area contributed by atoms with Crippen LogP contribution in [0.1, 0.15) is 42.8 Å². The molecule has 9 nitrogen and oxygen atoms in total.